The highest BCUT2D eigenvalue weighted by Gasteiger charge is 2.33. The second kappa shape index (κ2) is 8.82. The van der Waals surface area contributed by atoms with Gasteiger partial charge >= 0.3 is 0 Å². The molecule has 1 N–H and O–H groups in total. The zero-order valence-electron chi connectivity index (χ0n) is 16.0. The van der Waals surface area contributed by atoms with Crippen molar-refractivity contribution in [2.24, 2.45) is 0 Å². The SMILES string of the molecule is CN(C)C(=O)C[C@@H]1C(=O)NCCN1CC(c1ccccc1)c1ccccc1. The average Bonchev–Trinajstić information content (AvgIpc) is 2.69. The summed E-state index contributed by atoms with van der Waals surface area (Å²) in [6.07, 6.45) is 0.204. The van der Waals surface area contributed by atoms with Crippen molar-refractivity contribution >= 4 is 11.8 Å². The van der Waals surface area contributed by atoms with E-state index in [9.17, 15) is 9.59 Å². The van der Waals surface area contributed by atoms with E-state index < -0.39 is 6.04 Å². The lowest BCUT2D eigenvalue weighted by molar-refractivity contribution is -0.137. The van der Waals surface area contributed by atoms with Crippen LogP contribution in [0.25, 0.3) is 0 Å². The Bertz CT molecular complexity index is 722. The van der Waals surface area contributed by atoms with E-state index in [1.54, 1.807) is 19.0 Å². The molecule has 0 unspecified atom stereocenters. The molecule has 27 heavy (non-hydrogen) atoms. The van der Waals surface area contributed by atoms with Crippen LogP contribution in [0.15, 0.2) is 60.7 Å². The maximum Gasteiger partial charge on any atom is 0.237 e. The number of amides is 2. The van der Waals surface area contributed by atoms with Gasteiger partial charge in [-0.25, -0.2) is 0 Å². The predicted molar refractivity (Wildman–Crippen MR) is 106 cm³/mol. The molecule has 5 nitrogen and oxygen atoms in total. The Balaban J connectivity index is 1.87. The van der Waals surface area contributed by atoms with E-state index >= 15 is 0 Å². The highest BCUT2D eigenvalue weighted by Crippen LogP contribution is 2.27. The lowest BCUT2D eigenvalue weighted by Gasteiger charge is -2.37. The van der Waals surface area contributed by atoms with Crippen LogP contribution in [0.1, 0.15) is 23.5 Å². The molecule has 1 fully saturated rings. The molecule has 1 atom stereocenters. The minimum Gasteiger partial charge on any atom is -0.353 e. The van der Waals surface area contributed by atoms with Gasteiger partial charge in [-0.2, -0.15) is 0 Å². The molecule has 0 saturated carbocycles. The third-order valence-electron chi connectivity index (χ3n) is 5.13. The van der Waals surface area contributed by atoms with Gasteiger partial charge in [0.1, 0.15) is 0 Å². The van der Waals surface area contributed by atoms with Crippen molar-refractivity contribution < 1.29 is 9.59 Å². The van der Waals surface area contributed by atoms with Gasteiger partial charge < -0.3 is 10.2 Å². The molecular weight excluding hydrogens is 338 g/mol. The number of carbonyl (C=O) groups excluding carboxylic acids is 2. The van der Waals surface area contributed by atoms with Crippen molar-refractivity contribution in [3.63, 3.8) is 0 Å². The second-order valence-corrected chi connectivity index (χ2v) is 7.17. The number of hydrogen-bond acceptors (Lipinski definition) is 3. The Morgan fingerprint density at radius 2 is 1.63 bits per heavy atom. The van der Waals surface area contributed by atoms with Crippen molar-refractivity contribution in [3.05, 3.63) is 71.8 Å². The van der Waals surface area contributed by atoms with E-state index in [1.165, 1.54) is 11.1 Å². The largest absolute Gasteiger partial charge is 0.353 e. The van der Waals surface area contributed by atoms with Gasteiger partial charge in [-0.15, -0.1) is 0 Å². The van der Waals surface area contributed by atoms with Crippen LogP contribution in [0.3, 0.4) is 0 Å². The summed E-state index contributed by atoms with van der Waals surface area (Å²) in [5, 5.41) is 2.91. The highest BCUT2D eigenvalue weighted by molar-refractivity contribution is 5.88. The van der Waals surface area contributed by atoms with E-state index in [4.69, 9.17) is 0 Å². The fraction of sp³-hybridized carbons (Fsp3) is 0.364. The molecule has 1 saturated heterocycles. The first-order valence-corrected chi connectivity index (χ1v) is 9.38. The second-order valence-electron chi connectivity index (χ2n) is 7.17. The van der Waals surface area contributed by atoms with Gasteiger partial charge in [0, 0.05) is 39.6 Å². The summed E-state index contributed by atoms with van der Waals surface area (Å²) in [5.41, 5.74) is 2.43. The van der Waals surface area contributed by atoms with Crippen molar-refractivity contribution in [3.8, 4) is 0 Å². The molecular formula is C22H27N3O2. The molecule has 1 heterocycles. The van der Waals surface area contributed by atoms with Crippen LogP contribution < -0.4 is 5.32 Å². The fourth-order valence-electron chi connectivity index (χ4n) is 3.56. The molecule has 0 bridgehead atoms. The summed E-state index contributed by atoms with van der Waals surface area (Å²) in [6.45, 7) is 2.06. The zero-order chi connectivity index (χ0) is 19.2. The summed E-state index contributed by atoms with van der Waals surface area (Å²) in [4.78, 5) is 28.4. The van der Waals surface area contributed by atoms with Gasteiger partial charge in [0.25, 0.3) is 0 Å². The van der Waals surface area contributed by atoms with E-state index in [-0.39, 0.29) is 24.2 Å². The van der Waals surface area contributed by atoms with Crippen LogP contribution in [-0.2, 0) is 9.59 Å². The molecule has 0 aromatic heterocycles. The standard InChI is InChI=1S/C22H27N3O2/c1-24(2)21(26)15-20-22(27)23-13-14-25(20)16-19(17-9-5-3-6-10-17)18-11-7-4-8-12-18/h3-12,19-20H,13-16H2,1-2H3,(H,23,27)/t20-/m1/s1. The highest BCUT2D eigenvalue weighted by atomic mass is 16.2. The summed E-state index contributed by atoms with van der Waals surface area (Å²) < 4.78 is 0. The maximum atomic E-state index is 12.5. The van der Waals surface area contributed by atoms with Crippen molar-refractivity contribution in [2.45, 2.75) is 18.4 Å². The third-order valence-corrected chi connectivity index (χ3v) is 5.13. The number of nitrogens with one attached hydrogen (secondary N) is 1. The van der Waals surface area contributed by atoms with E-state index in [0.29, 0.717) is 13.1 Å². The van der Waals surface area contributed by atoms with E-state index in [1.807, 2.05) is 36.4 Å². The minimum absolute atomic E-state index is 0.0296. The number of carbonyl (C=O) groups is 2. The van der Waals surface area contributed by atoms with Crippen LogP contribution in [0.2, 0.25) is 0 Å². The van der Waals surface area contributed by atoms with Gasteiger partial charge in [0.05, 0.1) is 12.5 Å². The molecule has 1 aliphatic rings. The van der Waals surface area contributed by atoms with Gasteiger partial charge in [-0.3, -0.25) is 14.5 Å². The van der Waals surface area contributed by atoms with Crippen molar-refractivity contribution in [1.29, 1.82) is 0 Å². The molecule has 142 valence electrons. The Morgan fingerprint density at radius 3 is 2.15 bits per heavy atom. The van der Waals surface area contributed by atoms with Crippen molar-refractivity contribution in [2.75, 3.05) is 33.7 Å². The number of rotatable bonds is 6. The molecule has 0 spiro atoms. The van der Waals surface area contributed by atoms with Crippen LogP contribution in [0, 0.1) is 0 Å². The topological polar surface area (TPSA) is 52.7 Å². The first-order chi connectivity index (χ1) is 13.1. The Kier molecular flexibility index (Phi) is 6.24. The van der Waals surface area contributed by atoms with Gasteiger partial charge in [-0.05, 0) is 11.1 Å². The summed E-state index contributed by atoms with van der Waals surface area (Å²) in [7, 11) is 3.45. The lowest BCUT2D eigenvalue weighted by Crippen LogP contribution is -2.57. The Hall–Kier alpha value is -2.66. The number of hydrogen-bond donors (Lipinski definition) is 1. The number of piperazine rings is 1. The zero-order valence-corrected chi connectivity index (χ0v) is 16.0. The van der Waals surface area contributed by atoms with Crippen LogP contribution in [-0.4, -0.2) is 61.4 Å². The third kappa shape index (κ3) is 4.74. The minimum atomic E-state index is -0.427. The molecule has 1 aliphatic heterocycles. The van der Waals surface area contributed by atoms with Crippen LogP contribution >= 0.6 is 0 Å². The monoisotopic (exact) mass is 365 g/mol. The van der Waals surface area contributed by atoms with Gasteiger partial charge in [-0.1, -0.05) is 60.7 Å². The molecule has 2 amide bonds. The predicted octanol–water partition coefficient (Wildman–Crippen LogP) is 2.10. The van der Waals surface area contributed by atoms with Crippen molar-refractivity contribution in [1.82, 2.24) is 15.1 Å². The molecule has 2 aromatic carbocycles. The van der Waals surface area contributed by atoms with Gasteiger partial charge in [0.2, 0.25) is 11.8 Å². The maximum absolute atomic E-state index is 12.5. The summed E-state index contributed by atoms with van der Waals surface area (Å²) in [6, 6.07) is 20.3. The smallest absolute Gasteiger partial charge is 0.237 e. The molecule has 3 rings (SSSR count). The summed E-state index contributed by atoms with van der Waals surface area (Å²) >= 11 is 0. The number of nitrogens with zero attached hydrogens (tertiary/aromatic N) is 2. The molecule has 5 heteroatoms. The first-order valence-electron chi connectivity index (χ1n) is 9.38. The molecule has 2 aromatic rings. The molecule has 0 aliphatic carbocycles. The fourth-order valence-corrected chi connectivity index (χ4v) is 3.56. The first kappa shape index (κ1) is 19.1. The Labute approximate surface area is 161 Å². The Morgan fingerprint density at radius 1 is 1.07 bits per heavy atom. The van der Waals surface area contributed by atoms with Gasteiger partial charge in [0.15, 0.2) is 0 Å². The average molecular weight is 365 g/mol. The van der Waals surface area contributed by atoms with Crippen LogP contribution in [0.5, 0.6) is 0 Å². The normalized spacial score (nSPS) is 17.6. The molecule has 0 radical (unpaired) electrons. The van der Waals surface area contributed by atoms with E-state index in [0.717, 1.165) is 6.54 Å². The van der Waals surface area contributed by atoms with E-state index in [2.05, 4.69) is 34.5 Å². The van der Waals surface area contributed by atoms with Crippen LogP contribution in [0.4, 0.5) is 0 Å². The summed E-state index contributed by atoms with van der Waals surface area (Å²) in [5.74, 6) is 0.0598. The quantitative estimate of drug-likeness (QED) is 0.853. The number of benzene rings is 2. The lowest BCUT2D eigenvalue weighted by atomic mass is 9.90.